The van der Waals surface area contributed by atoms with Crippen LogP contribution in [0.2, 0.25) is 15.2 Å². The van der Waals surface area contributed by atoms with Crippen LogP contribution in [0.5, 0.6) is 0 Å². The van der Waals surface area contributed by atoms with Crippen molar-refractivity contribution in [3.8, 4) is 0 Å². The van der Waals surface area contributed by atoms with Gasteiger partial charge >= 0.3 is 0 Å². The van der Waals surface area contributed by atoms with E-state index in [2.05, 4.69) is 4.98 Å². The predicted molar refractivity (Wildman–Crippen MR) is 84.0 cm³/mol. The Hall–Kier alpha value is -1.38. The molecule has 2 aromatic rings. The van der Waals surface area contributed by atoms with Gasteiger partial charge in [0.2, 0.25) is 5.91 Å². The van der Waals surface area contributed by atoms with Gasteiger partial charge in [-0.2, -0.15) is 8.42 Å². The third kappa shape index (κ3) is 5.78. The Morgan fingerprint density at radius 2 is 1.77 bits per heavy atom. The molecular weight excluding hydrogens is 375 g/mol. The van der Waals surface area contributed by atoms with E-state index >= 15 is 0 Å². The van der Waals surface area contributed by atoms with Crippen LogP contribution in [-0.4, -0.2) is 23.9 Å². The molecular formula is C12H9Cl3N2O4S. The van der Waals surface area contributed by atoms with Gasteiger partial charge in [0.1, 0.15) is 10.0 Å². The van der Waals surface area contributed by atoms with E-state index in [-0.39, 0.29) is 20.6 Å². The number of pyridine rings is 1. The third-order valence-electron chi connectivity index (χ3n) is 2.19. The summed E-state index contributed by atoms with van der Waals surface area (Å²) in [6, 6.07) is 6.99. The number of nitrogens with two attached hydrogens (primary N) is 1. The molecule has 10 heteroatoms. The summed E-state index contributed by atoms with van der Waals surface area (Å²) in [5.74, 6) is -0.549. The molecule has 0 aliphatic rings. The molecule has 0 atom stereocenters. The second-order valence-electron chi connectivity index (χ2n) is 3.78. The summed E-state index contributed by atoms with van der Waals surface area (Å²) in [5, 5.41) is 0.947. The van der Waals surface area contributed by atoms with E-state index in [4.69, 9.17) is 45.1 Å². The van der Waals surface area contributed by atoms with Crippen LogP contribution in [0.1, 0.15) is 10.4 Å². The fraction of sp³-hybridized carbons (Fsp3) is 0. The molecule has 0 unspecified atom stereocenters. The van der Waals surface area contributed by atoms with E-state index < -0.39 is 16.0 Å². The van der Waals surface area contributed by atoms with Crippen LogP contribution in [-0.2, 0) is 10.1 Å². The number of rotatable bonds is 2. The van der Waals surface area contributed by atoms with Crippen molar-refractivity contribution in [3.63, 3.8) is 0 Å². The van der Waals surface area contributed by atoms with E-state index in [1.165, 1.54) is 24.3 Å². The minimum Gasteiger partial charge on any atom is -0.366 e. The SMILES string of the molecule is NC(=O)c1ccc(Cl)cc1Cl.O=S(=O)(O)c1ccc(Cl)nc1. The first kappa shape index (κ1) is 18.7. The maximum atomic E-state index is 10.6. The van der Waals surface area contributed by atoms with Crippen LogP contribution in [0.25, 0.3) is 0 Å². The van der Waals surface area contributed by atoms with Crippen LogP contribution in [0.4, 0.5) is 0 Å². The minimum atomic E-state index is -4.14. The van der Waals surface area contributed by atoms with Gasteiger partial charge in [0.05, 0.1) is 10.6 Å². The van der Waals surface area contributed by atoms with Gasteiger partial charge in [-0.25, -0.2) is 4.98 Å². The van der Waals surface area contributed by atoms with E-state index in [9.17, 15) is 13.2 Å². The Labute approximate surface area is 141 Å². The number of halogens is 3. The van der Waals surface area contributed by atoms with Gasteiger partial charge in [-0.1, -0.05) is 34.8 Å². The van der Waals surface area contributed by atoms with Gasteiger partial charge < -0.3 is 5.73 Å². The highest BCUT2D eigenvalue weighted by atomic mass is 35.5. The number of nitrogens with zero attached hydrogens (tertiary/aromatic N) is 1. The number of primary amides is 1. The Balaban J connectivity index is 0.000000220. The number of hydrogen-bond donors (Lipinski definition) is 2. The molecule has 22 heavy (non-hydrogen) atoms. The lowest BCUT2D eigenvalue weighted by atomic mass is 10.2. The molecule has 1 amide bonds. The molecule has 3 N–H and O–H groups in total. The molecule has 6 nitrogen and oxygen atoms in total. The quantitative estimate of drug-likeness (QED) is 0.611. The predicted octanol–water partition coefficient (Wildman–Crippen LogP) is 3.07. The first-order chi connectivity index (χ1) is 10.1. The normalized spacial score (nSPS) is 10.5. The Morgan fingerprint density at radius 1 is 1.14 bits per heavy atom. The molecule has 1 aromatic heterocycles. The lowest BCUT2D eigenvalue weighted by Crippen LogP contribution is -2.11. The van der Waals surface area contributed by atoms with Crippen molar-refractivity contribution < 1.29 is 17.8 Å². The van der Waals surface area contributed by atoms with Gasteiger partial charge in [0, 0.05) is 11.2 Å². The zero-order chi connectivity index (χ0) is 16.9. The molecule has 2 rings (SSSR count). The number of benzene rings is 1. The van der Waals surface area contributed by atoms with E-state index in [0.29, 0.717) is 5.02 Å². The number of hydrogen-bond acceptors (Lipinski definition) is 4. The Bertz CT molecular complexity index is 779. The lowest BCUT2D eigenvalue weighted by molar-refractivity contribution is 0.100. The van der Waals surface area contributed by atoms with Crippen LogP contribution in [0.15, 0.2) is 41.4 Å². The second kappa shape index (κ2) is 7.75. The van der Waals surface area contributed by atoms with Gasteiger partial charge in [0.15, 0.2) is 0 Å². The highest BCUT2D eigenvalue weighted by molar-refractivity contribution is 7.85. The molecule has 1 aromatic carbocycles. The zero-order valence-electron chi connectivity index (χ0n) is 10.7. The van der Waals surface area contributed by atoms with Crippen LogP contribution < -0.4 is 5.73 Å². The molecule has 0 saturated heterocycles. The monoisotopic (exact) mass is 382 g/mol. The molecule has 0 radical (unpaired) electrons. The standard InChI is InChI=1S/C7H5Cl2NO.C5H4ClNO3S/c8-4-1-2-5(7(10)11)6(9)3-4;6-5-2-1-4(3-7-5)11(8,9)10/h1-3H,(H2,10,11);1-3H,(H,8,9,10). The molecule has 0 bridgehead atoms. The average Bonchev–Trinajstić information content (AvgIpc) is 2.38. The molecule has 118 valence electrons. The number of carbonyl (C=O) groups excluding carboxylic acids is 1. The topological polar surface area (TPSA) is 110 Å². The average molecular weight is 384 g/mol. The summed E-state index contributed by atoms with van der Waals surface area (Å²) in [6.07, 6.45) is 0.984. The number of aromatic nitrogens is 1. The van der Waals surface area contributed by atoms with Gasteiger partial charge in [-0.3, -0.25) is 9.35 Å². The maximum absolute atomic E-state index is 10.6. The highest BCUT2D eigenvalue weighted by Gasteiger charge is 2.08. The van der Waals surface area contributed by atoms with E-state index in [0.717, 1.165) is 6.20 Å². The smallest absolute Gasteiger partial charge is 0.296 e. The largest absolute Gasteiger partial charge is 0.366 e. The van der Waals surface area contributed by atoms with E-state index in [1.54, 1.807) is 6.07 Å². The molecule has 0 aliphatic carbocycles. The maximum Gasteiger partial charge on any atom is 0.296 e. The number of carbonyl (C=O) groups is 1. The first-order valence-electron chi connectivity index (χ1n) is 5.45. The summed E-state index contributed by atoms with van der Waals surface area (Å²) in [4.78, 5) is 13.8. The fourth-order valence-corrected chi connectivity index (χ4v) is 2.24. The van der Waals surface area contributed by atoms with Crippen molar-refractivity contribution in [1.29, 1.82) is 0 Å². The van der Waals surface area contributed by atoms with Gasteiger partial charge in [-0.15, -0.1) is 0 Å². The van der Waals surface area contributed by atoms with Crippen molar-refractivity contribution in [2.45, 2.75) is 4.90 Å². The van der Waals surface area contributed by atoms with Crippen molar-refractivity contribution in [2.75, 3.05) is 0 Å². The number of amides is 1. The summed E-state index contributed by atoms with van der Waals surface area (Å²) in [5.41, 5.74) is 5.29. The van der Waals surface area contributed by atoms with Gasteiger partial charge in [0.25, 0.3) is 10.1 Å². The summed E-state index contributed by atoms with van der Waals surface area (Å²) < 4.78 is 29.3. The van der Waals surface area contributed by atoms with Gasteiger partial charge in [-0.05, 0) is 30.3 Å². The Morgan fingerprint density at radius 3 is 2.18 bits per heavy atom. The lowest BCUT2D eigenvalue weighted by Gasteiger charge is -1.97. The molecule has 0 spiro atoms. The molecule has 0 saturated carbocycles. The summed E-state index contributed by atoms with van der Waals surface area (Å²) in [6.45, 7) is 0. The Kier molecular flexibility index (Phi) is 6.58. The van der Waals surface area contributed by atoms with Crippen molar-refractivity contribution in [2.24, 2.45) is 5.73 Å². The van der Waals surface area contributed by atoms with Crippen molar-refractivity contribution in [3.05, 3.63) is 57.3 Å². The second-order valence-corrected chi connectivity index (χ2v) is 6.43. The van der Waals surface area contributed by atoms with Crippen molar-refractivity contribution >= 4 is 50.8 Å². The van der Waals surface area contributed by atoms with Crippen molar-refractivity contribution in [1.82, 2.24) is 4.98 Å². The van der Waals surface area contributed by atoms with Crippen LogP contribution >= 0.6 is 34.8 Å². The molecule has 0 aliphatic heterocycles. The third-order valence-corrected chi connectivity index (χ3v) is 3.80. The summed E-state index contributed by atoms with van der Waals surface area (Å²) >= 11 is 16.6. The highest BCUT2D eigenvalue weighted by Crippen LogP contribution is 2.20. The van der Waals surface area contributed by atoms with Crippen LogP contribution in [0.3, 0.4) is 0 Å². The molecule has 1 heterocycles. The summed E-state index contributed by atoms with van der Waals surface area (Å²) in [7, 11) is -4.14. The first-order valence-corrected chi connectivity index (χ1v) is 8.02. The minimum absolute atomic E-state index is 0.178. The zero-order valence-corrected chi connectivity index (χ0v) is 13.8. The van der Waals surface area contributed by atoms with E-state index in [1.807, 2.05) is 0 Å². The van der Waals surface area contributed by atoms with Crippen LogP contribution in [0, 0.1) is 0 Å². The fourth-order valence-electron chi connectivity index (χ4n) is 1.20. The molecule has 0 fully saturated rings.